The lowest BCUT2D eigenvalue weighted by Gasteiger charge is -2.28. The number of aliphatic hydroxyl groups is 1. The number of halogens is 2. The van der Waals surface area contributed by atoms with Crippen LogP contribution in [0.15, 0.2) is 12.1 Å². The molecule has 14 heavy (non-hydrogen) atoms. The predicted molar refractivity (Wildman–Crippen MR) is 57.7 cm³/mol. The molecule has 0 radical (unpaired) electrons. The first-order chi connectivity index (χ1) is 6.59. The van der Waals surface area contributed by atoms with Gasteiger partial charge in [-0.15, -0.1) is 0 Å². The highest BCUT2D eigenvalue weighted by molar-refractivity contribution is 6.35. The second kappa shape index (κ2) is 3.70. The van der Waals surface area contributed by atoms with E-state index >= 15 is 0 Å². The summed E-state index contributed by atoms with van der Waals surface area (Å²) in [5.41, 5.74) is 7.76. The van der Waals surface area contributed by atoms with Gasteiger partial charge in [-0.05, 0) is 36.1 Å². The lowest BCUT2D eigenvalue weighted by molar-refractivity contribution is 0.128. The van der Waals surface area contributed by atoms with Crippen molar-refractivity contribution in [1.29, 1.82) is 0 Å². The van der Waals surface area contributed by atoms with E-state index < -0.39 is 6.10 Å². The van der Waals surface area contributed by atoms with E-state index in [0.717, 1.165) is 17.5 Å². The standard InChI is InChI=1S/C10H11Cl2NO/c11-6-3-5-1-2-8(14)10(13)9(5)7(12)4-6/h3-4,8,10,14H,1-2,13H2/t8-,10-/m1/s1. The summed E-state index contributed by atoms with van der Waals surface area (Å²) in [5.74, 6) is 0. The number of aliphatic hydroxyl groups excluding tert-OH is 1. The van der Waals surface area contributed by atoms with Gasteiger partial charge in [0.2, 0.25) is 0 Å². The van der Waals surface area contributed by atoms with Gasteiger partial charge in [-0.1, -0.05) is 23.2 Å². The topological polar surface area (TPSA) is 46.2 Å². The van der Waals surface area contributed by atoms with E-state index in [4.69, 9.17) is 28.9 Å². The maximum atomic E-state index is 9.60. The molecule has 2 rings (SSSR count). The van der Waals surface area contributed by atoms with Gasteiger partial charge in [0.15, 0.2) is 0 Å². The molecule has 0 saturated carbocycles. The Balaban J connectivity index is 2.54. The van der Waals surface area contributed by atoms with E-state index in [1.165, 1.54) is 0 Å². The van der Waals surface area contributed by atoms with Gasteiger partial charge in [0.05, 0.1) is 12.1 Å². The Kier molecular flexibility index (Phi) is 2.71. The van der Waals surface area contributed by atoms with Crippen molar-refractivity contribution in [3.8, 4) is 0 Å². The molecule has 0 amide bonds. The zero-order valence-electron chi connectivity index (χ0n) is 7.50. The van der Waals surface area contributed by atoms with E-state index in [1.807, 2.05) is 6.07 Å². The van der Waals surface area contributed by atoms with E-state index in [2.05, 4.69) is 0 Å². The van der Waals surface area contributed by atoms with Gasteiger partial charge in [-0.2, -0.15) is 0 Å². The van der Waals surface area contributed by atoms with Gasteiger partial charge in [0, 0.05) is 10.0 Å². The molecule has 0 heterocycles. The minimum Gasteiger partial charge on any atom is -0.391 e. The summed E-state index contributed by atoms with van der Waals surface area (Å²) in [5, 5.41) is 10.8. The smallest absolute Gasteiger partial charge is 0.0736 e. The maximum Gasteiger partial charge on any atom is 0.0736 e. The average molecular weight is 232 g/mol. The summed E-state index contributed by atoms with van der Waals surface area (Å²) < 4.78 is 0. The summed E-state index contributed by atoms with van der Waals surface area (Å²) in [7, 11) is 0. The van der Waals surface area contributed by atoms with Crippen LogP contribution in [-0.2, 0) is 6.42 Å². The molecule has 0 aliphatic heterocycles. The summed E-state index contributed by atoms with van der Waals surface area (Å²) in [4.78, 5) is 0. The molecule has 1 aromatic rings. The predicted octanol–water partition coefficient (Wildman–Crippen LogP) is 2.30. The molecule has 2 nitrogen and oxygen atoms in total. The zero-order valence-corrected chi connectivity index (χ0v) is 9.02. The molecule has 1 aliphatic rings. The first-order valence-electron chi connectivity index (χ1n) is 4.51. The van der Waals surface area contributed by atoms with Crippen LogP contribution in [0.3, 0.4) is 0 Å². The second-order valence-electron chi connectivity index (χ2n) is 3.59. The molecule has 1 aliphatic carbocycles. The van der Waals surface area contributed by atoms with E-state index in [1.54, 1.807) is 6.07 Å². The third kappa shape index (κ3) is 1.63. The highest BCUT2D eigenvalue weighted by atomic mass is 35.5. The maximum absolute atomic E-state index is 9.60. The Morgan fingerprint density at radius 3 is 2.79 bits per heavy atom. The number of fused-ring (bicyclic) bond motifs is 1. The second-order valence-corrected chi connectivity index (χ2v) is 4.44. The molecule has 0 saturated heterocycles. The van der Waals surface area contributed by atoms with Crippen molar-refractivity contribution in [3.05, 3.63) is 33.3 Å². The largest absolute Gasteiger partial charge is 0.391 e. The Bertz CT molecular complexity index is 367. The van der Waals surface area contributed by atoms with Crippen LogP contribution in [0.5, 0.6) is 0 Å². The van der Waals surface area contributed by atoms with Crippen LogP contribution >= 0.6 is 23.2 Å². The Morgan fingerprint density at radius 2 is 2.07 bits per heavy atom. The third-order valence-corrected chi connectivity index (χ3v) is 3.17. The van der Waals surface area contributed by atoms with Gasteiger partial charge in [0.1, 0.15) is 0 Å². The van der Waals surface area contributed by atoms with Crippen molar-refractivity contribution < 1.29 is 5.11 Å². The van der Waals surface area contributed by atoms with Crippen LogP contribution in [0, 0.1) is 0 Å². The van der Waals surface area contributed by atoms with Gasteiger partial charge < -0.3 is 10.8 Å². The minimum atomic E-state index is -0.499. The summed E-state index contributed by atoms with van der Waals surface area (Å²) in [6.07, 6.45) is 0.955. The van der Waals surface area contributed by atoms with Crippen molar-refractivity contribution in [2.45, 2.75) is 25.0 Å². The molecular weight excluding hydrogens is 221 g/mol. The van der Waals surface area contributed by atoms with Gasteiger partial charge in [0.25, 0.3) is 0 Å². The van der Waals surface area contributed by atoms with Crippen molar-refractivity contribution in [2.75, 3.05) is 0 Å². The van der Waals surface area contributed by atoms with Crippen LogP contribution in [0.25, 0.3) is 0 Å². The van der Waals surface area contributed by atoms with Gasteiger partial charge in [-0.3, -0.25) is 0 Å². The lowest BCUT2D eigenvalue weighted by atomic mass is 9.86. The third-order valence-electron chi connectivity index (χ3n) is 2.64. The number of aryl methyl sites for hydroxylation is 1. The van der Waals surface area contributed by atoms with Crippen LogP contribution < -0.4 is 5.73 Å². The molecule has 0 aromatic heterocycles. The Labute approximate surface area is 92.6 Å². The molecule has 2 atom stereocenters. The van der Waals surface area contributed by atoms with Crippen LogP contribution in [0.1, 0.15) is 23.6 Å². The van der Waals surface area contributed by atoms with Crippen molar-refractivity contribution >= 4 is 23.2 Å². The number of benzene rings is 1. The summed E-state index contributed by atoms with van der Waals surface area (Å²) >= 11 is 11.9. The van der Waals surface area contributed by atoms with Crippen molar-refractivity contribution in [1.82, 2.24) is 0 Å². The van der Waals surface area contributed by atoms with Crippen molar-refractivity contribution in [2.24, 2.45) is 5.73 Å². The van der Waals surface area contributed by atoms with Gasteiger partial charge in [-0.25, -0.2) is 0 Å². The molecule has 3 N–H and O–H groups in total. The first kappa shape index (κ1) is 10.2. The van der Waals surface area contributed by atoms with E-state index in [-0.39, 0.29) is 6.04 Å². The molecule has 0 unspecified atom stereocenters. The molecule has 0 fully saturated rings. The highest BCUT2D eigenvalue weighted by Gasteiger charge is 2.27. The number of nitrogens with two attached hydrogens (primary N) is 1. The Morgan fingerprint density at radius 1 is 1.36 bits per heavy atom. The normalized spacial score (nSPS) is 26.0. The molecule has 4 heteroatoms. The summed E-state index contributed by atoms with van der Waals surface area (Å²) in [6.45, 7) is 0. The Hall–Kier alpha value is -0.280. The quantitative estimate of drug-likeness (QED) is 0.720. The highest BCUT2D eigenvalue weighted by Crippen LogP contribution is 2.35. The van der Waals surface area contributed by atoms with E-state index in [0.29, 0.717) is 16.5 Å². The lowest BCUT2D eigenvalue weighted by Crippen LogP contribution is -2.31. The molecular formula is C10H11Cl2NO. The molecule has 76 valence electrons. The number of hydrogen-bond acceptors (Lipinski definition) is 2. The zero-order chi connectivity index (χ0) is 10.3. The SMILES string of the molecule is N[C@H]1c2c(Cl)cc(Cl)cc2CC[C@H]1O. The number of hydrogen-bond donors (Lipinski definition) is 2. The first-order valence-corrected chi connectivity index (χ1v) is 5.26. The monoisotopic (exact) mass is 231 g/mol. The molecule has 0 spiro atoms. The molecule has 1 aromatic carbocycles. The summed E-state index contributed by atoms with van der Waals surface area (Å²) in [6, 6.07) is 3.15. The fourth-order valence-corrected chi connectivity index (χ4v) is 2.56. The fourth-order valence-electron chi connectivity index (χ4n) is 1.89. The van der Waals surface area contributed by atoms with Crippen LogP contribution in [0.4, 0.5) is 0 Å². The average Bonchev–Trinajstić information content (AvgIpc) is 2.10. The molecule has 0 bridgehead atoms. The van der Waals surface area contributed by atoms with Crippen LogP contribution in [-0.4, -0.2) is 11.2 Å². The number of rotatable bonds is 0. The fraction of sp³-hybridized carbons (Fsp3) is 0.400. The van der Waals surface area contributed by atoms with Crippen molar-refractivity contribution in [3.63, 3.8) is 0 Å². The van der Waals surface area contributed by atoms with Crippen LogP contribution in [0.2, 0.25) is 10.0 Å². The van der Waals surface area contributed by atoms with E-state index in [9.17, 15) is 5.11 Å². The van der Waals surface area contributed by atoms with Gasteiger partial charge >= 0.3 is 0 Å². The minimum absolute atomic E-state index is 0.386.